The van der Waals surface area contributed by atoms with Crippen molar-refractivity contribution in [2.45, 2.75) is 6.42 Å². The predicted octanol–water partition coefficient (Wildman–Crippen LogP) is 1.90. The van der Waals surface area contributed by atoms with E-state index in [2.05, 4.69) is 20.7 Å². The minimum absolute atomic E-state index is 0.114. The van der Waals surface area contributed by atoms with Gasteiger partial charge >= 0.3 is 5.97 Å². The Morgan fingerprint density at radius 1 is 1.47 bits per heavy atom. The molecule has 0 heterocycles. The van der Waals surface area contributed by atoms with Gasteiger partial charge in [0.05, 0.1) is 12.7 Å². The van der Waals surface area contributed by atoms with Crippen molar-refractivity contribution in [3.8, 4) is 5.75 Å². The molecular formula is C10H9BrO4. The normalized spacial score (nSPS) is 9.73. The smallest absolute Gasteiger partial charge is 0.313 e. The molecule has 1 aromatic rings. The Balaban J connectivity index is 2.87. The number of ketones is 1. The number of rotatable bonds is 3. The number of hydrogen-bond donors (Lipinski definition) is 1. The summed E-state index contributed by atoms with van der Waals surface area (Å²) in [6.45, 7) is 0. The lowest BCUT2D eigenvalue weighted by Gasteiger charge is -2.03. The van der Waals surface area contributed by atoms with Gasteiger partial charge in [-0.1, -0.05) is 15.9 Å². The van der Waals surface area contributed by atoms with Crippen LogP contribution in [-0.4, -0.2) is 24.0 Å². The summed E-state index contributed by atoms with van der Waals surface area (Å²) in [7, 11) is 1.21. The van der Waals surface area contributed by atoms with E-state index in [9.17, 15) is 14.7 Å². The molecule has 0 aromatic heterocycles. The summed E-state index contributed by atoms with van der Waals surface area (Å²) in [5, 5.41) is 9.44. The average Bonchev–Trinajstić information content (AvgIpc) is 2.17. The zero-order valence-corrected chi connectivity index (χ0v) is 9.58. The molecule has 0 fully saturated rings. The second-order valence-corrected chi connectivity index (χ2v) is 3.75. The maximum absolute atomic E-state index is 11.5. The number of esters is 1. The molecule has 0 aliphatic heterocycles. The molecule has 0 saturated carbocycles. The van der Waals surface area contributed by atoms with Gasteiger partial charge in [-0.05, 0) is 18.2 Å². The van der Waals surface area contributed by atoms with Crippen molar-refractivity contribution < 1.29 is 19.4 Å². The van der Waals surface area contributed by atoms with Crippen LogP contribution < -0.4 is 0 Å². The largest absolute Gasteiger partial charge is 0.507 e. The number of ether oxygens (including phenoxy) is 1. The minimum Gasteiger partial charge on any atom is -0.507 e. The summed E-state index contributed by atoms with van der Waals surface area (Å²) in [4.78, 5) is 22.3. The van der Waals surface area contributed by atoms with Crippen LogP contribution in [0.3, 0.4) is 0 Å². The van der Waals surface area contributed by atoms with E-state index in [-0.39, 0.29) is 17.7 Å². The van der Waals surface area contributed by atoms with Gasteiger partial charge in [0.2, 0.25) is 0 Å². The number of carbonyl (C=O) groups is 2. The molecule has 0 saturated heterocycles. The van der Waals surface area contributed by atoms with E-state index in [0.717, 1.165) is 0 Å². The lowest BCUT2D eigenvalue weighted by Crippen LogP contribution is -2.09. The van der Waals surface area contributed by atoms with Crippen LogP contribution >= 0.6 is 15.9 Å². The van der Waals surface area contributed by atoms with Crippen molar-refractivity contribution in [1.29, 1.82) is 0 Å². The van der Waals surface area contributed by atoms with E-state index < -0.39 is 11.8 Å². The Kier molecular flexibility index (Phi) is 3.85. The summed E-state index contributed by atoms with van der Waals surface area (Å²) in [5.41, 5.74) is 0.114. The molecule has 15 heavy (non-hydrogen) atoms. The monoisotopic (exact) mass is 272 g/mol. The summed E-state index contributed by atoms with van der Waals surface area (Å²) >= 11 is 3.15. The van der Waals surface area contributed by atoms with E-state index in [1.807, 2.05) is 0 Å². The molecule has 0 aliphatic carbocycles. The van der Waals surface area contributed by atoms with E-state index in [1.54, 1.807) is 6.07 Å². The fourth-order valence-corrected chi connectivity index (χ4v) is 1.39. The van der Waals surface area contributed by atoms with Gasteiger partial charge in [0.1, 0.15) is 12.2 Å². The zero-order valence-electron chi connectivity index (χ0n) is 7.99. The Morgan fingerprint density at radius 2 is 2.13 bits per heavy atom. The molecule has 1 N–H and O–H groups in total. The highest BCUT2D eigenvalue weighted by atomic mass is 79.9. The first-order valence-electron chi connectivity index (χ1n) is 4.13. The number of aromatic hydroxyl groups is 1. The molecule has 5 heteroatoms. The predicted molar refractivity (Wildman–Crippen MR) is 56.8 cm³/mol. The van der Waals surface area contributed by atoms with E-state index >= 15 is 0 Å². The van der Waals surface area contributed by atoms with Gasteiger partial charge in [-0.15, -0.1) is 0 Å². The highest BCUT2D eigenvalue weighted by Crippen LogP contribution is 2.23. The SMILES string of the molecule is COC(=O)CC(=O)c1ccc(Br)cc1O. The third kappa shape index (κ3) is 3.06. The van der Waals surface area contributed by atoms with Crippen LogP contribution in [0.25, 0.3) is 0 Å². The van der Waals surface area contributed by atoms with E-state index in [0.29, 0.717) is 4.47 Å². The number of methoxy groups -OCH3 is 1. The molecule has 0 spiro atoms. The third-order valence-electron chi connectivity index (χ3n) is 1.79. The van der Waals surface area contributed by atoms with Gasteiger partial charge in [0.15, 0.2) is 5.78 Å². The lowest BCUT2D eigenvalue weighted by molar-refractivity contribution is -0.139. The van der Waals surface area contributed by atoms with Crippen LogP contribution in [0.15, 0.2) is 22.7 Å². The number of halogens is 1. The number of phenols is 1. The van der Waals surface area contributed by atoms with Crippen molar-refractivity contribution in [3.05, 3.63) is 28.2 Å². The summed E-state index contributed by atoms with van der Waals surface area (Å²) in [5.74, 6) is -1.24. The number of carbonyl (C=O) groups excluding carboxylic acids is 2. The van der Waals surface area contributed by atoms with Crippen molar-refractivity contribution in [2.75, 3.05) is 7.11 Å². The molecule has 4 nitrogen and oxygen atoms in total. The third-order valence-corrected chi connectivity index (χ3v) is 2.29. The molecule has 0 radical (unpaired) electrons. The van der Waals surface area contributed by atoms with Gasteiger partial charge in [-0.2, -0.15) is 0 Å². The average molecular weight is 273 g/mol. The molecule has 0 atom stereocenters. The summed E-state index contributed by atoms with van der Waals surface area (Å²) in [6.07, 6.45) is -0.369. The van der Waals surface area contributed by atoms with Crippen LogP contribution in [0.5, 0.6) is 5.75 Å². The molecule has 1 aromatic carbocycles. The van der Waals surface area contributed by atoms with Crippen LogP contribution in [0, 0.1) is 0 Å². The summed E-state index contributed by atoms with van der Waals surface area (Å²) in [6, 6.07) is 4.46. The van der Waals surface area contributed by atoms with Gasteiger partial charge in [-0.3, -0.25) is 9.59 Å². The van der Waals surface area contributed by atoms with Gasteiger partial charge < -0.3 is 9.84 Å². The molecule has 80 valence electrons. The first kappa shape index (κ1) is 11.7. The standard InChI is InChI=1S/C10H9BrO4/c1-15-10(14)5-9(13)7-3-2-6(11)4-8(7)12/h2-4,12H,5H2,1H3. The summed E-state index contributed by atoms with van der Waals surface area (Å²) < 4.78 is 5.02. The van der Waals surface area contributed by atoms with Gasteiger partial charge in [-0.25, -0.2) is 0 Å². The first-order valence-corrected chi connectivity index (χ1v) is 4.92. The van der Waals surface area contributed by atoms with Crippen molar-refractivity contribution in [1.82, 2.24) is 0 Å². The number of benzene rings is 1. The molecule has 1 rings (SSSR count). The number of Topliss-reactive ketones (excluding diaryl/α,β-unsaturated/α-hetero) is 1. The maximum Gasteiger partial charge on any atom is 0.313 e. The maximum atomic E-state index is 11.5. The minimum atomic E-state index is -0.623. The molecular weight excluding hydrogens is 264 g/mol. The molecule has 0 unspecified atom stereocenters. The highest BCUT2D eigenvalue weighted by molar-refractivity contribution is 9.10. The fourth-order valence-electron chi connectivity index (χ4n) is 1.04. The second kappa shape index (κ2) is 4.93. The number of phenolic OH excluding ortho intramolecular Hbond substituents is 1. The zero-order chi connectivity index (χ0) is 11.4. The van der Waals surface area contributed by atoms with Crippen molar-refractivity contribution in [3.63, 3.8) is 0 Å². The van der Waals surface area contributed by atoms with Crippen LogP contribution in [0.1, 0.15) is 16.8 Å². The number of hydrogen-bond acceptors (Lipinski definition) is 4. The molecule has 0 bridgehead atoms. The topological polar surface area (TPSA) is 63.6 Å². The fraction of sp³-hybridized carbons (Fsp3) is 0.200. The Hall–Kier alpha value is -1.36. The quantitative estimate of drug-likeness (QED) is 0.519. The van der Waals surface area contributed by atoms with Gasteiger partial charge in [0.25, 0.3) is 0 Å². The van der Waals surface area contributed by atoms with Crippen LogP contribution in [0.2, 0.25) is 0 Å². The van der Waals surface area contributed by atoms with Crippen molar-refractivity contribution in [2.24, 2.45) is 0 Å². The van der Waals surface area contributed by atoms with Gasteiger partial charge in [0, 0.05) is 4.47 Å². The lowest BCUT2D eigenvalue weighted by atomic mass is 10.1. The first-order chi connectivity index (χ1) is 7.04. The Morgan fingerprint density at radius 3 is 2.67 bits per heavy atom. The van der Waals surface area contributed by atoms with E-state index in [1.165, 1.54) is 19.2 Å². The van der Waals surface area contributed by atoms with E-state index in [4.69, 9.17) is 0 Å². The molecule has 0 aliphatic rings. The highest BCUT2D eigenvalue weighted by Gasteiger charge is 2.15. The Bertz CT molecular complexity index is 400. The van der Waals surface area contributed by atoms with Crippen LogP contribution in [-0.2, 0) is 9.53 Å². The van der Waals surface area contributed by atoms with Crippen LogP contribution in [0.4, 0.5) is 0 Å². The van der Waals surface area contributed by atoms with Crippen molar-refractivity contribution >= 4 is 27.7 Å². The second-order valence-electron chi connectivity index (χ2n) is 2.84. The molecule has 0 amide bonds. The Labute approximate surface area is 95.0 Å².